The first-order chi connectivity index (χ1) is 9.75. The second-order valence-electron chi connectivity index (χ2n) is 4.56. The Hall–Kier alpha value is -2.39. The van der Waals surface area contributed by atoms with Crippen LogP contribution in [-0.2, 0) is 0 Å². The molecule has 0 spiro atoms. The smallest absolute Gasteiger partial charge is 0.0713 e. The molecule has 0 bridgehead atoms. The van der Waals surface area contributed by atoms with Crippen molar-refractivity contribution in [2.75, 3.05) is 5.73 Å². The minimum Gasteiger partial charge on any atom is -0.398 e. The summed E-state index contributed by atoms with van der Waals surface area (Å²) in [5, 5.41) is 12.0. The van der Waals surface area contributed by atoms with Gasteiger partial charge in [-0.2, -0.15) is 0 Å². The molecule has 0 aliphatic heterocycles. The van der Waals surface area contributed by atoms with E-state index in [0.717, 1.165) is 16.7 Å². The number of nitrogens with one attached hydrogen (secondary N) is 1. The lowest BCUT2D eigenvalue weighted by Gasteiger charge is -2.06. The van der Waals surface area contributed by atoms with Gasteiger partial charge in [-0.1, -0.05) is 54.6 Å². The van der Waals surface area contributed by atoms with E-state index in [0.29, 0.717) is 11.4 Å². The fourth-order valence-electron chi connectivity index (χ4n) is 2.13. The number of rotatable bonds is 3. The molecule has 3 aromatic rings. The van der Waals surface area contributed by atoms with Crippen molar-refractivity contribution in [2.45, 2.75) is 0 Å². The van der Waals surface area contributed by atoms with Crippen LogP contribution < -0.4 is 5.73 Å². The van der Waals surface area contributed by atoms with Crippen LogP contribution in [0.4, 0.5) is 5.69 Å². The first kappa shape index (κ1) is 12.6. The average Bonchev–Trinajstić information content (AvgIpc) is 2.94. The normalized spacial score (nSPS) is 10.4. The summed E-state index contributed by atoms with van der Waals surface area (Å²) in [6.07, 6.45) is 0. The van der Waals surface area contributed by atoms with Crippen molar-refractivity contribution in [1.82, 2.24) is 0 Å². The zero-order chi connectivity index (χ0) is 13.9. The van der Waals surface area contributed by atoms with Gasteiger partial charge in [-0.3, -0.25) is 5.41 Å². The standard InChI is InChI=1S/C17H14N2S/c18-16-11-20-10-15(16)17(19)14-8-6-13(7-9-14)12-4-2-1-3-5-12/h1-11,19H,18H2. The van der Waals surface area contributed by atoms with E-state index in [4.69, 9.17) is 11.1 Å². The monoisotopic (exact) mass is 278 g/mol. The van der Waals surface area contributed by atoms with Crippen molar-refractivity contribution in [3.8, 4) is 11.1 Å². The summed E-state index contributed by atoms with van der Waals surface area (Å²) in [4.78, 5) is 0. The van der Waals surface area contributed by atoms with Gasteiger partial charge in [-0.05, 0) is 11.1 Å². The van der Waals surface area contributed by atoms with Gasteiger partial charge < -0.3 is 5.73 Å². The third kappa shape index (κ3) is 2.36. The van der Waals surface area contributed by atoms with Gasteiger partial charge in [0.2, 0.25) is 0 Å². The van der Waals surface area contributed by atoms with Crippen LogP contribution in [0.3, 0.4) is 0 Å². The SMILES string of the molecule is N=C(c1ccc(-c2ccccc2)cc1)c1cscc1N. The number of anilines is 1. The second kappa shape index (κ2) is 5.31. The fourth-order valence-corrected chi connectivity index (χ4v) is 2.86. The van der Waals surface area contributed by atoms with Crippen LogP contribution in [0.15, 0.2) is 65.4 Å². The molecule has 0 amide bonds. The Morgan fingerprint density at radius 3 is 2.10 bits per heavy atom. The predicted octanol–water partition coefficient (Wildman–Crippen LogP) is 4.41. The Morgan fingerprint density at radius 1 is 0.850 bits per heavy atom. The minimum absolute atomic E-state index is 0.475. The Bertz CT molecular complexity index is 727. The molecule has 3 N–H and O–H groups in total. The van der Waals surface area contributed by atoms with Crippen LogP contribution in [-0.4, -0.2) is 5.71 Å². The summed E-state index contributed by atoms with van der Waals surface area (Å²) in [7, 11) is 0. The van der Waals surface area contributed by atoms with Crippen molar-refractivity contribution in [2.24, 2.45) is 0 Å². The molecule has 98 valence electrons. The third-order valence-corrected chi connectivity index (χ3v) is 4.00. The van der Waals surface area contributed by atoms with Crippen LogP contribution in [0, 0.1) is 5.41 Å². The molecule has 1 heterocycles. The number of nitrogens with two attached hydrogens (primary N) is 1. The summed E-state index contributed by atoms with van der Waals surface area (Å²) < 4.78 is 0. The molecule has 2 aromatic carbocycles. The molecule has 0 radical (unpaired) electrons. The topological polar surface area (TPSA) is 49.9 Å². The number of hydrogen-bond acceptors (Lipinski definition) is 3. The second-order valence-corrected chi connectivity index (χ2v) is 5.30. The minimum atomic E-state index is 0.475. The van der Waals surface area contributed by atoms with Crippen molar-refractivity contribution < 1.29 is 0 Å². The van der Waals surface area contributed by atoms with Crippen molar-refractivity contribution >= 4 is 22.7 Å². The largest absolute Gasteiger partial charge is 0.398 e. The van der Waals surface area contributed by atoms with Gasteiger partial charge in [0.15, 0.2) is 0 Å². The number of benzene rings is 2. The molecule has 0 fully saturated rings. The lowest BCUT2D eigenvalue weighted by atomic mass is 10.00. The highest BCUT2D eigenvalue weighted by atomic mass is 32.1. The Labute approximate surface area is 122 Å². The summed E-state index contributed by atoms with van der Waals surface area (Å²) in [5.41, 5.74) is 11.0. The van der Waals surface area contributed by atoms with E-state index in [1.165, 1.54) is 16.9 Å². The molecule has 3 heteroatoms. The van der Waals surface area contributed by atoms with Crippen LogP contribution in [0.25, 0.3) is 11.1 Å². The Morgan fingerprint density at radius 2 is 1.50 bits per heavy atom. The molecular formula is C17H14N2S. The molecule has 0 unspecified atom stereocenters. The first-order valence-corrected chi connectivity index (χ1v) is 7.26. The summed E-state index contributed by atoms with van der Waals surface area (Å²) in [6, 6.07) is 18.3. The van der Waals surface area contributed by atoms with E-state index >= 15 is 0 Å². The van der Waals surface area contributed by atoms with Crippen molar-refractivity contribution in [1.29, 1.82) is 5.41 Å². The number of hydrogen-bond donors (Lipinski definition) is 2. The molecule has 20 heavy (non-hydrogen) atoms. The van der Waals surface area contributed by atoms with Gasteiger partial charge in [0.25, 0.3) is 0 Å². The van der Waals surface area contributed by atoms with Gasteiger partial charge in [-0.15, -0.1) is 11.3 Å². The maximum absolute atomic E-state index is 8.23. The number of thiophene rings is 1. The summed E-state index contributed by atoms with van der Waals surface area (Å²) >= 11 is 1.52. The molecule has 0 saturated carbocycles. The zero-order valence-corrected chi connectivity index (χ0v) is 11.7. The van der Waals surface area contributed by atoms with Gasteiger partial charge >= 0.3 is 0 Å². The molecule has 0 aliphatic rings. The quantitative estimate of drug-likeness (QED) is 0.685. The van der Waals surface area contributed by atoms with Crippen molar-refractivity contribution in [3.05, 3.63) is 76.5 Å². The van der Waals surface area contributed by atoms with Crippen LogP contribution in [0.2, 0.25) is 0 Å². The van der Waals surface area contributed by atoms with E-state index in [-0.39, 0.29) is 0 Å². The van der Waals surface area contributed by atoms with E-state index in [9.17, 15) is 0 Å². The molecule has 3 rings (SSSR count). The first-order valence-electron chi connectivity index (χ1n) is 6.32. The van der Waals surface area contributed by atoms with Crippen LogP contribution in [0.1, 0.15) is 11.1 Å². The zero-order valence-electron chi connectivity index (χ0n) is 10.8. The van der Waals surface area contributed by atoms with Gasteiger partial charge in [-0.25, -0.2) is 0 Å². The van der Waals surface area contributed by atoms with Gasteiger partial charge in [0.1, 0.15) is 0 Å². The Kier molecular flexibility index (Phi) is 3.35. The maximum atomic E-state index is 8.23. The van der Waals surface area contributed by atoms with E-state index < -0.39 is 0 Å². The molecule has 2 nitrogen and oxygen atoms in total. The fraction of sp³-hybridized carbons (Fsp3) is 0. The van der Waals surface area contributed by atoms with Gasteiger partial charge in [0, 0.05) is 21.9 Å². The molecular weight excluding hydrogens is 264 g/mol. The lowest BCUT2D eigenvalue weighted by Crippen LogP contribution is -2.02. The highest BCUT2D eigenvalue weighted by molar-refractivity contribution is 7.08. The van der Waals surface area contributed by atoms with E-state index in [2.05, 4.69) is 12.1 Å². The summed E-state index contributed by atoms with van der Waals surface area (Å²) in [5.74, 6) is 0. The number of nitrogen functional groups attached to an aromatic ring is 1. The lowest BCUT2D eigenvalue weighted by molar-refractivity contribution is 1.47. The highest BCUT2D eigenvalue weighted by Crippen LogP contribution is 2.23. The third-order valence-electron chi connectivity index (χ3n) is 3.24. The highest BCUT2D eigenvalue weighted by Gasteiger charge is 2.09. The summed E-state index contributed by atoms with van der Waals surface area (Å²) in [6.45, 7) is 0. The van der Waals surface area contributed by atoms with E-state index in [1.54, 1.807) is 0 Å². The maximum Gasteiger partial charge on any atom is 0.0713 e. The Balaban J connectivity index is 1.91. The van der Waals surface area contributed by atoms with Crippen molar-refractivity contribution in [3.63, 3.8) is 0 Å². The van der Waals surface area contributed by atoms with E-state index in [1.807, 2.05) is 53.2 Å². The molecule has 0 aliphatic carbocycles. The molecule has 0 atom stereocenters. The van der Waals surface area contributed by atoms with Crippen LogP contribution >= 0.6 is 11.3 Å². The predicted molar refractivity (Wildman–Crippen MR) is 86.5 cm³/mol. The molecule has 1 aromatic heterocycles. The average molecular weight is 278 g/mol. The van der Waals surface area contributed by atoms with Crippen LogP contribution in [0.5, 0.6) is 0 Å². The van der Waals surface area contributed by atoms with Gasteiger partial charge in [0.05, 0.1) is 11.4 Å². The molecule has 0 saturated heterocycles.